The molecule has 1 unspecified atom stereocenters. The molecular weight excluding hydrogens is 256 g/mol. The molecule has 0 aliphatic carbocycles. The molecule has 3 heterocycles. The van der Waals surface area contributed by atoms with Crippen LogP contribution in [0.3, 0.4) is 0 Å². The van der Waals surface area contributed by atoms with Crippen LogP contribution in [0.5, 0.6) is 0 Å². The Labute approximate surface area is 118 Å². The fraction of sp³-hybridized carbons (Fsp3) is 0.714. The van der Waals surface area contributed by atoms with Crippen molar-refractivity contribution in [3.8, 4) is 0 Å². The van der Waals surface area contributed by atoms with Gasteiger partial charge in [-0.25, -0.2) is 4.98 Å². The van der Waals surface area contributed by atoms with Gasteiger partial charge in [0.05, 0.1) is 23.8 Å². The molecule has 0 saturated carbocycles. The van der Waals surface area contributed by atoms with Gasteiger partial charge in [-0.3, -0.25) is 10.1 Å². The van der Waals surface area contributed by atoms with Gasteiger partial charge in [-0.15, -0.1) is 0 Å². The molecular formula is C14H22N4O2. The van der Waals surface area contributed by atoms with E-state index in [0.717, 1.165) is 44.0 Å². The predicted molar refractivity (Wildman–Crippen MR) is 74.1 cm³/mol. The normalized spacial score (nSPS) is 24.9. The summed E-state index contributed by atoms with van der Waals surface area (Å²) in [6.07, 6.45) is 4.37. The minimum atomic E-state index is -0.172. The topological polar surface area (TPSA) is 79.0 Å². The number of ether oxygens (including phenoxy) is 1. The van der Waals surface area contributed by atoms with Crippen LogP contribution >= 0.6 is 0 Å². The van der Waals surface area contributed by atoms with E-state index in [0.29, 0.717) is 13.0 Å². The predicted octanol–water partition coefficient (Wildman–Crippen LogP) is 0.357. The van der Waals surface area contributed by atoms with Crippen LogP contribution in [0, 0.1) is 5.41 Å². The van der Waals surface area contributed by atoms with Gasteiger partial charge in [-0.05, 0) is 18.3 Å². The second-order valence-electron chi connectivity index (χ2n) is 6.11. The molecule has 1 aromatic rings. The highest BCUT2D eigenvalue weighted by Gasteiger charge is 2.30. The number of amides is 1. The SMILES string of the molecule is CC1(CNC(=O)C2Cc3nc[nH]c3CN2)CCOCC1. The third kappa shape index (κ3) is 2.86. The molecule has 3 rings (SSSR count). The number of carbonyl (C=O) groups excluding carboxylic acids is 1. The van der Waals surface area contributed by atoms with Gasteiger partial charge in [-0.1, -0.05) is 6.92 Å². The highest BCUT2D eigenvalue weighted by Crippen LogP contribution is 2.28. The Kier molecular flexibility index (Phi) is 3.76. The maximum atomic E-state index is 12.3. The van der Waals surface area contributed by atoms with Gasteiger partial charge in [0.2, 0.25) is 5.91 Å². The van der Waals surface area contributed by atoms with Gasteiger partial charge >= 0.3 is 0 Å². The van der Waals surface area contributed by atoms with Crippen molar-refractivity contribution in [1.82, 2.24) is 20.6 Å². The van der Waals surface area contributed by atoms with Gasteiger partial charge in [0.1, 0.15) is 0 Å². The molecule has 1 aromatic heterocycles. The van der Waals surface area contributed by atoms with Crippen LogP contribution in [0.2, 0.25) is 0 Å². The lowest BCUT2D eigenvalue weighted by Crippen LogP contribution is -2.50. The van der Waals surface area contributed by atoms with E-state index in [1.807, 2.05) is 0 Å². The molecule has 20 heavy (non-hydrogen) atoms. The average molecular weight is 278 g/mol. The fourth-order valence-electron chi connectivity index (χ4n) is 2.82. The molecule has 0 aromatic carbocycles. The molecule has 110 valence electrons. The van der Waals surface area contributed by atoms with E-state index < -0.39 is 0 Å². The van der Waals surface area contributed by atoms with Crippen molar-refractivity contribution in [3.63, 3.8) is 0 Å². The summed E-state index contributed by atoms with van der Waals surface area (Å²) < 4.78 is 5.38. The minimum absolute atomic E-state index is 0.0753. The summed E-state index contributed by atoms with van der Waals surface area (Å²) in [5, 5.41) is 6.34. The Balaban J connectivity index is 1.52. The number of nitrogens with zero attached hydrogens (tertiary/aromatic N) is 1. The van der Waals surface area contributed by atoms with Gasteiger partial charge in [0.25, 0.3) is 0 Å². The molecule has 6 heteroatoms. The molecule has 1 saturated heterocycles. The van der Waals surface area contributed by atoms with Crippen molar-refractivity contribution in [1.29, 1.82) is 0 Å². The number of rotatable bonds is 3. The standard InChI is InChI=1S/C14H22N4O2/c1-14(2-4-20-5-3-14)8-16-13(19)11-6-10-12(7-15-11)18-9-17-10/h9,11,15H,2-8H2,1H3,(H,16,19)(H,17,18). The molecule has 0 bridgehead atoms. The largest absolute Gasteiger partial charge is 0.381 e. The van der Waals surface area contributed by atoms with Crippen molar-refractivity contribution in [3.05, 3.63) is 17.7 Å². The van der Waals surface area contributed by atoms with Crippen LogP contribution in [0.4, 0.5) is 0 Å². The molecule has 1 amide bonds. The summed E-state index contributed by atoms with van der Waals surface area (Å²) >= 11 is 0. The summed E-state index contributed by atoms with van der Waals surface area (Å²) in [6, 6.07) is -0.172. The maximum Gasteiger partial charge on any atom is 0.237 e. The summed E-state index contributed by atoms with van der Waals surface area (Å²) in [4.78, 5) is 19.6. The highest BCUT2D eigenvalue weighted by molar-refractivity contribution is 5.82. The Morgan fingerprint density at radius 2 is 2.35 bits per heavy atom. The van der Waals surface area contributed by atoms with Crippen molar-refractivity contribution in [2.24, 2.45) is 5.41 Å². The minimum Gasteiger partial charge on any atom is -0.381 e. The fourth-order valence-corrected chi connectivity index (χ4v) is 2.82. The first-order chi connectivity index (χ1) is 9.66. The lowest BCUT2D eigenvalue weighted by molar-refractivity contribution is -0.124. The molecule has 2 aliphatic rings. The van der Waals surface area contributed by atoms with Gasteiger partial charge in [0, 0.05) is 32.7 Å². The lowest BCUT2D eigenvalue weighted by Gasteiger charge is -2.34. The lowest BCUT2D eigenvalue weighted by atomic mass is 9.82. The van der Waals surface area contributed by atoms with E-state index in [1.165, 1.54) is 0 Å². The summed E-state index contributed by atoms with van der Waals surface area (Å²) in [5.41, 5.74) is 2.26. The number of aromatic amines is 1. The number of hydrogen-bond donors (Lipinski definition) is 3. The number of carbonyl (C=O) groups is 1. The molecule has 1 fully saturated rings. The van der Waals surface area contributed by atoms with Gasteiger partial charge in [-0.2, -0.15) is 0 Å². The average Bonchev–Trinajstić information content (AvgIpc) is 2.93. The molecule has 2 aliphatic heterocycles. The molecule has 6 nitrogen and oxygen atoms in total. The zero-order chi connectivity index (χ0) is 14.0. The van der Waals surface area contributed by atoms with Crippen molar-refractivity contribution < 1.29 is 9.53 Å². The van der Waals surface area contributed by atoms with Crippen molar-refractivity contribution in [2.45, 2.75) is 38.8 Å². The number of hydrogen-bond acceptors (Lipinski definition) is 4. The van der Waals surface area contributed by atoms with Crippen molar-refractivity contribution >= 4 is 5.91 Å². The monoisotopic (exact) mass is 278 g/mol. The maximum absolute atomic E-state index is 12.3. The van der Waals surface area contributed by atoms with E-state index in [-0.39, 0.29) is 17.4 Å². The molecule has 1 atom stereocenters. The van der Waals surface area contributed by atoms with Crippen LogP contribution in [-0.4, -0.2) is 41.7 Å². The van der Waals surface area contributed by atoms with Crippen LogP contribution in [0.15, 0.2) is 6.33 Å². The second kappa shape index (κ2) is 5.54. The first-order valence-electron chi connectivity index (χ1n) is 7.26. The zero-order valence-electron chi connectivity index (χ0n) is 11.9. The van der Waals surface area contributed by atoms with E-state index in [1.54, 1.807) is 6.33 Å². The molecule has 0 radical (unpaired) electrons. The first-order valence-corrected chi connectivity index (χ1v) is 7.26. The Hall–Kier alpha value is -1.40. The van der Waals surface area contributed by atoms with E-state index in [4.69, 9.17) is 4.74 Å². The van der Waals surface area contributed by atoms with Crippen LogP contribution < -0.4 is 10.6 Å². The first kappa shape index (κ1) is 13.6. The van der Waals surface area contributed by atoms with Crippen molar-refractivity contribution in [2.75, 3.05) is 19.8 Å². The Morgan fingerprint density at radius 1 is 1.55 bits per heavy atom. The molecule has 0 spiro atoms. The number of imidazole rings is 1. The number of aromatic nitrogens is 2. The third-order valence-corrected chi connectivity index (χ3v) is 4.44. The third-order valence-electron chi connectivity index (χ3n) is 4.44. The second-order valence-corrected chi connectivity index (χ2v) is 6.11. The number of fused-ring (bicyclic) bond motifs is 1. The number of H-pyrrole nitrogens is 1. The van der Waals surface area contributed by atoms with Crippen LogP contribution in [0.25, 0.3) is 0 Å². The van der Waals surface area contributed by atoms with E-state index >= 15 is 0 Å². The van der Waals surface area contributed by atoms with E-state index in [9.17, 15) is 4.79 Å². The Morgan fingerprint density at radius 3 is 3.15 bits per heavy atom. The van der Waals surface area contributed by atoms with Gasteiger partial charge < -0.3 is 15.0 Å². The zero-order valence-corrected chi connectivity index (χ0v) is 11.9. The van der Waals surface area contributed by atoms with Gasteiger partial charge in [0.15, 0.2) is 0 Å². The quantitative estimate of drug-likeness (QED) is 0.746. The molecule has 3 N–H and O–H groups in total. The Bertz CT molecular complexity index is 479. The highest BCUT2D eigenvalue weighted by atomic mass is 16.5. The summed E-state index contributed by atoms with van der Waals surface area (Å²) in [5.74, 6) is 0.0753. The smallest absolute Gasteiger partial charge is 0.237 e. The van der Waals surface area contributed by atoms with Crippen LogP contribution in [0.1, 0.15) is 31.2 Å². The number of nitrogens with one attached hydrogen (secondary N) is 3. The summed E-state index contributed by atoms with van der Waals surface area (Å²) in [7, 11) is 0. The van der Waals surface area contributed by atoms with Crippen LogP contribution in [-0.2, 0) is 22.5 Å². The summed E-state index contributed by atoms with van der Waals surface area (Å²) in [6.45, 7) is 5.21. The van der Waals surface area contributed by atoms with E-state index in [2.05, 4.69) is 27.5 Å².